The maximum atomic E-state index is 6.35. The zero-order chi connectivity index (χ0) is 24.7. The van der Waals surface area contributed by atoms with E-state index in [1.807, 2.05) is 12.1 Å². The van der Waals surface area contributed by atoms with E-state index in [4.69, 9.17) is 16.3 Å². The van der Waals surface area contributed by atoms with Gasteiger partial charge in [0.15, 0.2) is 0 Å². The van der Waals surface area contributed by atoms with E-state index in [1.165, 1.54) is 47.1 Å². The van der Waals surface area contributed by atoms with Crippen molar-refractivity contribution in [3.63, 3.8) is 0 Å². The highest BCUT2D eigenvalue weighted by Crippen LogP contribution is 2.27. The topological polar surface area (TPSA) is 15.7 Å². The summed E-state index contributed by atoms with van der Waals surface area (Å²) in [6.45, 7) is 9.48. The first kappa shape index (κ1) is 25.3. The molecule has 3 aromatic rings. The van der Waals surface area contributed by atoms with Gasteiger partial charge in [-0.15, -0.1) is 0 Å². The van der Waals surface area contributed by atoms with E-state index in [9.17, 15) is 0 Å². The Hall–Kier alpha value is -2.33. The Labute approximate surface area is 222 Å². The molecule has 0 saturated carbocycles. The molecular weight excluding hydrogens is 464 g/mol. The van der Waals surface area contributed by atoms with Crippen molar-refractivity contribution >= 4 is 11.6 Å². The quantitative estimate of drug-likeness (QED) is 0.322. The fourth-order valence-electron chi connectivity index (χ4n) is 5.70. The Morgan fingerprint density at radius 3 is 2.39 bits per heavy atom. The van der Waals surface area contributed by atoms with Crippen molar-refractivity contribution < 1.29 is 4.74 Å². The fraction of sp³-hybridized carbons (Fsp3) is 0.438. The van der Waals surface area contributed by atoms with Crippen LogP contribution in [-0.2, 0) is 26.1 Å². The van der Waals surface area contributed by atoms with E-state index >= 15 is 0 Å². The van der Waals surface area contributed by atoms with E-state index in [-0.39, 0.29) is 0 Å². The number of ether oxygens (including phenoxy) is 1. The third-order valence-corrected chi connectivity index (χ3v) is 8.37. The van der Waals surface area contributed by atoms with Gasteiger partial charge in [-0.05, 0) is 111 Å². The Kier molecular flexibility index (Phi) is 8.63. The zero-order valence-electron chi connectivity index (χ0n) is 21.6. The summed E-state index contributed by atoms with van der Waals surface area (Å²) in [5.74, 6) is 1.79. The molecule has 0 N–H and O–H groups in total. The molecule has 1 fully saturated rings. The first-order valence-corrected chi connectivity index (χ1v) is 14.0. The molecule has 3 nitrogen and oxygen atoms in total. The summed E-state index contributed by atoms with van der Waals surface area (Å²) in [5, 5.41) is 0.882. The molecule has 1 saturated heterocycles. The van der Waals surface area contributed by atoms with Gasteiger partial charge in [0.1, 0.15) is 5.75 Å². The minimum atomic E-state index is 0.753. The molecule has 0 aliphatic carbocycles. The van der Waals surface area contributed by atoms with Gasteiger partial charge in [0.2, 0.25) is 0 Å². The van der Waals surface area contributed by atoms with E-state index in [2.05, 4.69) is 71.3 Å². The van der Waals surface area contributed by atoms with Crippen LogP contribution in [0, 0.1) is 12.8 Å². The maximum Gasteiger partial charge on any atom is 0.119 e. The van der Waals surface area contributed by atoms with Gasteiger partial charge in [-0.1, -0.05) is 60.1 Å². The minimum absolute atomic E-state index is 0.753. The standard InChI is InChI=1S/C32H39ClN2O/c1-25-7-2-3-8-28(25)22-35-17-6-10-27-21-31(13-12-29(27)23-35)36-20-16-26-14-18-34(19-15-26)24-30-9-4-5-11-32(30)33/h2-5,7-9,11-13,21,26H,6,10,14-20,22-24H2,1H3. The monoisotopic (exact) mass is 502 g/mol. The molecule has 4 heteroatoms. The molecular formula is C32H39ClN2O. The van der Waals surface area contributed by atoms with Crippen LogP contribution in [-0.4, -0.2) is 36.0 Å². The lowest BCUT2D eigenvalue weighted by Gasteiger charge is -2.32. The summed E-state index contributed by atoms with van der Waals surface area (Å²) < 4.78 is 6.25. The summed E-state index contributed by atoms with van der Waals surface area (Å²) >= 11 is 6.35. The largest absolute Gasteiger partial charge is 0.494 e. The van der Waals surface area contributed by atoms with Crippen LogP contribution in [0.15, 0.2) is 66.7 Å². The first-order valence-electron chi connectivity index (χ1n) is 13.6. The van der Waals surface area contributed by atoms with Crippen molar-refractivity contribution in [2.75, 3.05) is 26.2 Å². The van der Waals surface area contributed by atoms with Crippen LogP contribution in [0.1, 0.15) is 53.5 Å². The van der Waals surface area contributed by atoms with Gasteiger partial charge in [-0.3, -0.25) is 9.80 Å². The van der Waals surface area contributed by atoms with Gasteiger partial charge >= 0.3 is 0 Å². The summed E-state index contributed by atoms with van der Waals surface area (Å²) in [7, 11) is 0. The van der Waals surface area contributed by atoms with Crippen molar-refractivity contribution in [3.05, 3.63) is 99.6 Å². The molecule has 5 rings (SSSR count). The molecule has 0 bridgehead atoms. The summed E-state index contributed by atoms with van der Waals surface area (Å²) in [6, 6.07) is 23.8. The number of rotatable bonds is 8. The highest BCUT2D eigenvalue weighted by molar-refractivity contribution is 6.31. The summed E-state index contributed by atoms with van der Waals surface area (Å²) in [4.78, 5) is 5.13. The van der Waals surface area contributed by atoms with Crippen molar-refractivity contribution in [3.8, 4) is 5.75 Å². The maximum absolute atomic E-state index is 6.35. The number of benzene rings is 3. The first-order chi connectivity index (χ1) is 17.6. The van der Waals surface area contributed by atoms with Gasteiger partial charge < -0.3 is 4.74 Å². The molecule has 0 atom stereocenters. The number of halogens is 1. The van der Waals surface area contributed by atoms with Crippen molar-refractivity contribution in [2.45, 2.75) is 58.7 Å². The molecule has 0 spiro atoms. The number of likely N-dealkylation sites (tertiary alicyclic amines) is 1. The smallest absolute Gasteiger partial charge is 0.119 e. The van der Waals surface area contributed by atoms with Gasteiger partial charge in [-0.25, -0.2) is 0 Å². The second-order valence-electron chi connectivity index (χ2n) is 10.6. The number of piperidine rings is 1. The van der Waals surface area contributed by atoms with E-state index < -0.39 is 0 Å². The SMILES string of the molecule is Cc1ccccc1CN1CCCc2cc(OCCC3CCN(Cc4ccccc4Cl)CC3)ccc2C1. The number of nitrogens with zero attached hydrogens (tertiary/aromatic N) is 2. The highest BCUT2D eigenvalue weighted by atomic mass is 35.5. The van der Waals surface area contributed by atoms with Crippen LogP contribution in [0.5, 0.6) is 5.75 Å². The Balaban J connectivity index is 1.07. The van der Waals surface area contributed by atoms with Gasteiger partial charge in [0.25, 0.3) is 0 Å². The number of aryl methyl sites for hydroxylation is 2. The Bertz CT molecular complexity index is 1140. The van der Waals surface area contributed by atoms with E-state index in [0.717, 1.165) is 75.4 Å². The zero-order valence-corrected chi connectivity index (χ0v) is 22.4. The van der Waals surface area contributed by atoms with Gasteiger partial charge in [0.05, 0.1) is 6.61 Å². The molecule has 0 aromatic heterocycles. The summed E-state index contributed by atoms with van der Waals surface area (Å²) in [5.41, 5.74) is 6.99. The molecule has 2 heterocycles. The van der Waals surface area contributed by atoms with Crippen LogP contribution in [0.25, 0.3) is 0 Å². The number of hydrogen-bond acceptors (Lipinski definition) is 3. The molecule has 0 amide bonds. The van der Waals surface area contributed by atoms with E-state index in [0.29, 0.717) is 0 Å². The lowest BCUT2D eigenvalue weighted by Crippen LogP contribution is -2.33. The van der Waals surface area contributed by atoms with Gasteiger partial charge in [-0.2, -0.15) is 0 Å². The minimum Gasteiger partial charge on any atom is -0.494 e. The van der Waals surface area contributed by atoms with Crippen LogP contribution < -0.4 is 4.74 Å². The predicted octanol–water partition coefficient (Wildman–Crippen LogP) is 7.28. The Morgan fingerprint density at radius 2 is 1.58 bits per heavy atom. The molecule has 2 aliphatic heterocycles. The molecule has 0 unspecified atom stereocenters. The number of fused-ring (bicyclic) bond motifs is 1. The second kappa shape index (κ2) is 12.3. The summed E-state index contributed by atoms with van der Waals surface area (Å²) in [6.07, 6.45) is 5.97. The lowest BCUT2D eigenvalue weighted by molar-refractivity contribution is 0.157. The molecule has 36 heavy (non-hydrogen) atoms. The van der Waals surface area contributed by atoms with Crippen molar-refractivity contribution in [2.24, 2.45) is 5.92 Å². The van der Waals surface area contributed by atoms with Crippen molar-refractivity contribution in [1.29, 1.82) is 0 Å². The van der Waals surface area contributed by atoms with E-state index in [1.54, 1.807) is 0 Å². The van der Waals surface area contributed by atoms with Crippen molar-refractivity contribution in [1.82, 2.24) is 9.80 Å². The highest BCUT2D eigenvalue weighted by Gasteiger charge is 2.20. The number of hydrogen-bond donors (Lipinski definition) is 0. The Morgan fingerprint density at radius 1 is 0.833 bits per heavy atom. The molecule has 3 aromatic carbocycles. The third kappa shape index (κ3) is 6.70. The average Bonchev–Trinajstić information content (AvgIpc) is 3.09. The molecule has 0 radical (unpaired) electrons. The normalized spacial score (nSPS) is 17.5. The fourth-order valence-corrected chi connectivity index (χ4v) is 5.90. The molecule has 190 valence electrons. The average molecular weight is 503 g/mol. The van der Waals surface area contributed by atoms with Crippen LogP contribution >= 0.6 is 11.6 Å². The molecule has 2 aliphatic rings. The van der Waals surface area contributed by atoms with Crippen LogP contribution in [0.4, 0.5) is 0 Å². The third-order valence-electron chi connectivity index (χ3n) is 8.00. The second-order valence-corrected chi connectivity index (χ2v) is 11.0. The van der Waals surface area contributed by atoms with Gasteiger partial charge in [0, 0.05) is 24.7 Å². The predicted molar refractivity (Wildman–Crippen MR) is 150 cm³/mol. The van der Waals surface area contributed by atoms with Crippen LogP contribution in [0.2, 0.25) is 5.02 Å². The van der Waals surface area contributed by atoms with Crippen LogP contribution in [0.3, 0.4) is 0 Å². The lowest BCUT2D eigenvalue weighted by atomic mass is 9.93.